The first-order valence-corrected chi connectivity index (χ1v) is 9.19. The molecule has 0 radical (unpaired) electrons. The van der Waals surface area contributed by atoms with Crippen molar-refractivity contribution < 1.29 is 18.3 Å². The Kier molecular flexibility index (Phi) is 5.00. The predicted molar refractivity (Wildman–Crippen MR) is 102 cm³/mol. The molecule has 0 saturated carbocycles. The zero-order valence-corrected chi connectivity index (χ0v) is 15.8. The molecule has 146 valence electrons. The van der Waals surface area contributed by atoms with Gasteiger partial charge in [-0.3, -0.25) is 4.79 Å². The van der Waals surface area contributed by atoms with Crippen LogP contribution in [0.4, 0.5) is 4.39 Å². The minimum absolute atomic E-state index is 0.149. The summed E-state index contributed by atoms with van der Waals surface area (Å²) < 4.78 is 25.0. The second-order valence-corrected chi connectivity index (χ2v) is 6.87. The molecule has 6 nitrogen and oxygen atoms in total. The minimum atomic E-state index is -0.640. The van der Waals surface area contributed by atoms with Crippen LogP contribution < -0.4 is 4.74 Å². The molecule has 2 aromatic carbocycles. The third-order valence-corrected chi connectivity index (χ3v) is 4.75. The van der Waals surface area contributed by atoms with Crippen molar-refractivity contribution in [3.05, 3.63) is 82.3 Å². The first-order chi connectivity index (χ1) is 14.0. The first kappa shape index (κ1) is 18.7. The van der Waals surface area contributed by atoms with Gasteiger partial charge < -0.3 is 14.1 Å². The van der Waals surface area contributed by atoms with E-state index in [4.69, 9.17) is 14.4 Å². The summed E-state index contributed by atoms with van der Waals surface area (Å²) in [4.78, 5) is 18.8. The van der Waals surface area contributed by atoms with Crippen LogP contribution >= 0.6 is 0 Å². The number of halogens is 1. The summed E-state index contributed by atoms with van der Waals surface area (Å²) in [5.41, 5.74) is 2.04. The van der Waals surface area contributed by atoms with Crippen molar-refractivity contribution in [1.82, 2.24) is 9.88 Å². The van der Waals surface area contributed by atoms with E-state index >= 15 is 0 Å². The van der Waals surface area contributed by atoms with Gasteiger partial charge in [-0.1, -0.05) is 12.1 Å². The molecule has 0 unspecified atom stereocenters. The SMILES string of the molecule is Cc1cccc(OCc2nc3c(o2)CN(C(=O)c2ccc(F)c(C#N)c2)CC3)c1. The van der Waals surface area contributed by atoms with Crippen LogP contribution in [-0.2, 0) is 19.6 Å². The summed E-state index contributed by atoms with van der Waals surface area (Å²) in [5.74, 6) is 0.900. The molecule has 0 fully saturated rings. The second kappa shape index (κ2) is 7.76. The molecule has 1 aromatic heterocycles. The van der Waals surface area contributed by atoms with E-state index in [1.165, 1.54) is 12.1 Å². The van der Waals surface area contributed by atoms with Gasteiger partial charge in [0, 0.05) is 18.5 Å². The van der Waals surface area contributed by atoms with E-state index in [1.807, 2.05) is 31.2 Å². The molecule has 0 bridgehead atoms. The number of nitriles is 1. The molecule has 0 N–H and O–H groups in total. The molecule has 1 aliphatic rings. The number of nitrogens with zero attached hydrogens (tertiary/aromatic N) is 3. The number of aryl methyl sites for hydroxylation is 1. The summed E-state index contributed by atoms with van der Waals surface area (Å²) in [6.07, 6.45) is 0.557. The van der Waals surface area contributed by atoms with Crippen LogP contribution in [0.3, 0.4) is 0 Å². The van der Waals surface area contributed by atoms with Crippen molar-refractivity contribution in [2.24, 2.45) is 0 Å². The summed E-state index contributed by atoms with van der Waals surface area (Å²) in [5, 5.41) is 8.97. The number of fused-ring (bicyclic) bond motifs is 1. The summed E-state index contributed by atoms with van der Waals surface area (Å²) in [6, 6.07) is 13.3. The molecule has 0 saturated heterocycles. The maximum absolute atomic E-state index is 13.5. The molecule has 1 amide bonds. The number of amides is 1. The molecule has 2 heterocycles. The van der Waals surface area contributed by atoms with Crippen molar-refractivity contribution in [3.8, 4) is 11.8 Å². The highest BCUT2D eigenvalue weighted by Crippen LogP contribution is 2.23. The fourth-order valence-electron chi connectivity index (χ4n) is 3.26. The highest BCUT2D eigenvalue weighted by molar-refractivity contribution is 5.94. The fraction of sp³-hybridized carbons (Fsp3) is 0.227. The lowest BCUT2D eigenvalue weighted by Crippen LogP contribution is -2.35. The Bertz CT molecular complexity index is 1120. The number of ether oxygens (including phenoxy) is 1. The molecular formula is C22H18FN3O3. The number of benzene rings is 2. The van der Waals surface area contributed by atoms with Gasteiger partial charge in [-0.2, -0.15) is 5.26 Å². The lowest BCUT2D eigenvalue weighted by atomic mass is 10.1. The Morgan fingerprint density at radius 1 is 1.34 bits per heavy atom. The second-order valence-electron chi connectivity index (χ2n) is 6.87. The zero-order chi connectivity index (χ0) is 20.4. The molecule has 29 heavy (non-hydrogen) atoms. The van der Waals surface area contributed by atoms with E-state index in [0.717, 1.165) is 23.1 Å². The van der Waals surface area contributed by atoms with E-state index in [2.05, 4.69) is 4.98 Å². The normalized spacial score (nSPS) is 12.9. The van der Waals surface area contributed by atoms with E-state index in [-0.39, 0.29) is 30.2 Å². The van der Waals surface area contributed by atoms with Crippen molar-refractivity contribution in [3.63, 3.8) is 0 Å². The van der Waals surface area contributed by atoms with Gasteiger partial charge in [0.25, 0.3) is 5.91 Å². The number of carbonyl (C=O) groups is 1. The maximum Gasteiger partial charge on any atom is 0.254 e. The Hall–Kier alpha value is -3.66. The van der Waals surface area contributed by atoms with Crippen molar-refractivity contribution in [1.29, 1.82) is 5.26 Å². The van der Waals surface area contributed by atoms with Crippen LogP contribution in [-0.4, -0.2) is 22.3 Å². The van der Waals surface area contributed by atoms with Crippen LogP contribution in [0.1, 0.15) is 38.8 Å². The number of oxazole rings is 1. The molecule has 4 rings (SSSR count). The molecule has 1 aliphatic heterocycles. The lowest BCUT2D eigenvalue weighted by molar-refractivity contribution is 0.0718. The number of hydrogen-bond donors (Lipinski definition) is 0. The predicted octanol–water partition coefficient (Wildman–Crippen LogP) is 3.77. The number of carbonyl (C=O) groups excluding carboxylic acids is 1. The van der Waals surface area contributed by atoms with E-state index in [9.17, 15) is 9.18 Å². The van der Waals surface area contributed by atoms with Crippen LogP contribution in [0.15, 0.2) is 46.9 Å². The average molecular weight is 391 g/mol. The molecular weight excluding hydrogens is 373 g/mol. The largest absolute Gasteiger partial charge is 0.484 e. The number of hydrogen-bond acceptors (Lipinski definition) is 5. The van der Waals surface area contributed by atoms with Crippen LogP contribution in [0.2, 0.25) is 0 Å². The van der Waals surface area contributed by atoms with Gasteiger partial charge in [0.05, 0.1) is 17.8 Å². The van der Waals surface area contributed by atoms with E-state index in [1.54, 1.807) is 11.0 Å². The first-order valence-electron chi connectivity index (χ1n) is 9.19. The molecule has 7 heteroatoms. The Morgan fingerprint density at radius 3 is 3.00 bits per heavy atom. The van der Waals surface area contributed by atoms with E-state index < -0.39 is 5.82 Å². The number of aromatic nitrogens is 1. The smallest absolute Gasteiger partial charge is 0.254 e. The van der Waals surface area contributed by atoms with Gasteiger partial charge in [0.1, 0.15) is 23.4 Å². The standard InChI is InChI=1S/C22H18FN3O3/c1-14-3-2-4-17(9-14)28-13-21-25-19-7-8-26(12-20(19)29-21)22(27)15-5-6-18(23)16(10-15)11-24/h2-6,9-10H,7-8,12-13H2,1H3. The Balaban J connectivity index is 1.45. The van der Waals surface area contributed by atoms with Crippen LogP contribution in [0.25, 0.3) is 0 Å². The monoisotopic (exact) mass is 391 g/mol. The zero-order valence-electron chi connectivity index (χ0n) is 15.8. The fourth-order valence-corrected chi connectivity index (χ4v) is 3.26. The summed E-state index contributed by atoms with van der Waals surface area (Å²) >= 11 is 0. The lowest BCUT2D eigenvalue weighted by Gasteiger charge is -2.25. The highest BCUT2D eigenvalue weighted by atomic mass is 19.1. The van der Waals surface area contributed by atoms with Crippen molar-refractivity contribution in [2.75, 3.05) is 6.54 Å². The summed E-state index contributed by atoms with van der Waals surface area (Å²) in [6.45, 7) is 2.93. The summed E-state index contributed by atoms with van der Waals surface area (Å²) in [7, 11) is 0. The van der Waals surface area contributed by atoms with Crippen LogP contribution in [0, 0.1) is 24.1 Å². The average Bonchev–Trinajstić information content (AvgIpc) is 3.14. The van der Waals surface area contributed by atoms with Crippen molar-refractivity contribution in [2.45, 2.75) is 26.5 Å². The maximum atomic E-state index is 13.5. The Morgan fingerprint density at radius 2 is 2.21 bits per heavy atom. The Labute approximate surface area is 167 Å². The van der Waals surface area contributed by atoms with Crippen LogP contribution in [0.5, 0.6) is 5.75 Å². The van der Waals surface area contributed by atoms with Gasteiger partial charge in [-0.05, 0) is 42.8 Å². The number of rotatable bonds is 4. The highest BCUT2D eigenvalue weighted by Gasteiger charge is 2.26. The van der Waals surface area contributed by atoms with Gasteiger partial charge in [-0.25, -0.2) is 9.37 Å². The minimum Gasteiger partial charge on any atom is -0.484 e. The third kappa shape index (κ3) is 3.97. The van der Waals surface area contributed by atoms with E-state index in [0.29, 0.717) is 24.6 Å². The van der Waals surface area contributed by atoms with Gasteiger partial charge in [0.2, 0.25) is 5.89 Å². The third-order valence-electron chi connectivity index (χ3n) is 4.75. The molecule has 0 atom stereocenters. The quantitative estimate of drug-likeness (QED) is 0.676. The van der Waals surface area contributed by atoms with Gasteiger partial charge >= 0.3 is 0 Å². The van der Waals surface area contributed by atoms with Gasteiger partial charge in [0.15, 0.2) is 6.61 Å². The topological polar surface area (TPSA) is 79.4 Å². The molecule has 3 aromatic rings. The van der Waals surface area contributed by atoms with Crippen molar-refractivity contribution >= 4 is 5.91 Å². The molecule has 0 aliphatic carbocycles. The van der Waals surface area contributed by atoms with Gasteiger partial charge in [-0.15, -0.1) is 0 Å². The molecule has 0 spiro atoms.